The summed E-state index contributed by atoms with van der Waals surface area (Å²) in [5.74, 6) is 5.91. The van der Waals surface area contributed by atoms with E-state index in [2.05, 4.69) is 11.8 Å². The second-order valence-corrected chi connectivity index (χ2v) is 4.79. The zero-order valence-corrected chi connectivity index (χ0v) is 13.1. The Kier molecular flexibility index (Phi) is 7.34. The van der Waals surface area contributed by atoms with Crippen molar-refractivity contribution in [2.75, 3.05) is 26.7 Å². The van der Waals surface area contributed by atoms with Crippen LogP contribution in [0.25, 0.3) is 0 Å². The predicted octanol–water partition coefficient (Wildman–Crippen LogP) is 2.31. The molecule has 0 aliphatic carbocycles. The summed E-state index contributed by atoms with van der Waals surface area (Å²) < 4.78 is 0. The average Bonchev–Trinajstić information content (AvgIpc) is 2.49. The number of aliphatic hydroxyl groups is 1. The fourth-order valence-electron chi connectivity index (χ4n) is 2.04. The van der Waals surface area contributed by atoms with Gasteiger partial charge in [-0.25, -0.2) is 4.79 Å². The molecule has 114 valence electrons. The number of hydrogen-bond donors (Lipinski definition) is 1. The Labute approximate surface area is 127 Å². The number of rotatable bonds is 5. The first kappa shape index (κ1) is 17.1. The number of hydrogen-bond acceptors (Lipinski definition) is 2. The van der Waals surface area contributed by atoms with Gasteiger partial charge in [-0.1, -0.05) is 24.0 Å². The number of carbonyl (C=O) groups is 1. The Bertz CT molecular complexity index is 513. The monoisotopic (exact) mass is 288 g/mol. The van der Waals surface area contributed by atoms with E-state index in [1.165, 1.54) is 0 Å². The highest BCUT2D eigenvalue weighted by Crippen LogP contribution is 2.08. The van der Waals surface area contributed by atoms with Crippen LogP contribution in [0.1, 0.15) is 31.4 Å². The SMILES string of the molecule is CCN(CC)C(=O)N(C)Cc1cccc(C#CCCO)c1. The Hall–Kier alpha value is -1.99. The zero-order valence-electron chi connectivity index (χ0n) is 13.1. The maximum atomic E-state index is 12.2. The molecule has 0 saturated carbocycles. The van der Waals surface area contributed by atoms with Gasteiger partial charge in [0.2, 0.25) is 0 Å². The molecule has 2 amide bonds. The fourth-order valence-corrected chi connectivity index (χ4v) is 2.04. The summed E-state index contributed by atoms with van der Waals surface area (Å²) >= 11 is 0. The van der Waals surface area contributed by atoms with Crippen molar-refractivity contribution >= 4 is 6.03 Å². The standard InChI is InChI=1S/C17H24N2O2/c1-4-19(5-2)17(21)18(3)14-16-11-8-10-15(13-16)9-6-7-12-20/h8,10-11,13,20H,4-5,7,12,14H2,1-3H3. The number of aliphatic hydroxyl groups excluding tert-OH is 1. The predicted molar refractivity (Wildman–Crippen MR) is 84.8 cm³/mol. The molecule has 1 N–H and O–H groups in total. The van der Waals surface area contributed by atoms with Gasteiger partial charge in [-0.3, -0.25) is 0 Å². The van der Waals surface area contributed by atoms with Gasteiger partial charge in [0.05, 0.1) is 6.61 Å². The maximum absolute atomic E-state index is 12.2. The van der Waals surface area contributed by atoms with Gasteiger partial charge in [0.1, 0.15) is 0 Å². The number of benzene rings is 1. The summed E-state index contributed by atoms with van der Waals surface area (Å²) in [6.07, 6.45) is 0.477. The van der Waals surface area contributed by atoms with Crippen LogP contribution >= 0.6 is 0 Å². The lowest BCUT2D eigenvalue weighted by atomic mass is 10.1. The number of carbonyl (C=O) groups excluding carboxylic acids is 1. The van der Waals surface area contributed by atoms with E-state index in [1.807, 2.05) is 45.2 Å². The Morgan fingerprint density at radius 1 is 1.29 bits per heavy atom. The molecular formula is C17H24N2O2. The topological polar surface area (TPSA) is 43.8 Å². The number of amides is 2. The van der Waals surface area contributed by atoms with Crippen LogP contribution in [-0.2, 0) is 6.54 Å². The highest BCUT2D eigenvalue weighted by molar-refractivity contribution is 5.74. The van der Waals surface area contributed by atoms with Gasteiger partial charge in [-0.2, -0.15) is 0 Å². The minimum atomic E-state index is 0.0387. The molecule has 0 unspecified atom stereocenters. The molecule has 1 aromatic carbocycles. The maximum Gasteiger partial charge on any atom is 0.320 e. The number of nitrogens with zero attached hydrogens (tertiary/aromatic N) is 2. The minimum Gasteiger partial charge on any atom is -0.395 e. The van der Waals surface area contributed by atoms with E-state index in [1.54, 1.807) is 9.80 Å². The minimum absolute atomic E-state index is 0.0387. The molecule has 0 aliphatic rings. The van der Waals surface area contributed by atoms with Crippen LogP contribution in [-0.4, -0.2) is 47.7 Å². The quantitative estimate of drug-likeness (QED) is 0.845. The molecule has 0 fully saturated rings. The molecule has 0 heterocycles. The van der Waals surface area contributed by atoms with Gasteiger partial charge in [-0.05, 0) is 31.5 Å². The van der Waals surface area contributed by atoms with Gasteiger partial charge in [0.25, 0.3) is 0 Å². The van der Waals surface area contributed by atoms with Crippen molar-refractivity contribution < 1.29 is 9.90 Å². The van der Waals surface area contributed by atoms with E-state index in [9.17, 15) is 4.79 Å². The van der Waals surface area contributed by atoms with Gasteiger partial charge in [0, 0.05) is 38.7 Å². The van der Waals surface area contributed by atoms with Crippen LogP contribution in [0.15, 0.2) is 24.3 Å². The Balaban J connectivity index is 2.73. The van der Waals surface area contributed by atoms with Crippen molar-refractivity contribution in [1.29, 1.82) is 0 Å². The summed E-state index contributed by atoms with van der Waals surface area (Å²) in [4.78, 5) is 15.7. The van der Waals surface area contributed by atoms with E-state index in [4.69, 9.17) is 5.11 Å². The normalized spacial score (nSPS) is 9.71. The van der Waals surface area contributed by atoms with Gasteiger partial charge in [0.15, 0.2) is 0 Å². The molecule has 0 aromatic heterocycles. The van der Waals surface area contributed by atoms with Crippen LogP contribution in [0.2, 0.25) is 0 Å². The highest BCUT2D eigenvalue weighted by Gasteiger charge is 2.14. The first-order chi connectivity index (χ1) is 10.1. The van der Waals surface area contributed by atoms with E-state index in [0.29, 0.717) is 26.1 Å². The van der Waals surface area contributed by atoms with Crippen molar-refractivity contribution in [3.05, 3.63) is 35.4 Å². The van der Waals surface area contributed by atoms with Crippen LogP contribution < -0.4 is 0 Å². The summed E-state index contributed by atoms with van der Waals surface area (Å²) in [5.41, 5.74) is 1.96. The third-order valence-electron chi connectivity index (χ3n) is 3.18. The smallest absolute Gasteiger partial charge is 0.320 e. The van der Waals surface area contributed by atoms with Crippen molar-refractivity contribution in [2.24, 2.45) is 0 Å². The highest BCUT2D eigenvalue weighted by atomic mass is 16.2. The molecule has 0 bridgehead atoms. The molecule has 0 spiro atoms. The summed E-state index contributed by atoms with van der Waals surface area (Å²) in [5, 5.41) is 8.73. The lowest BCUT2D eigenvalue weighted by Gasteiger charge is -2.26. The Morgan fingerprint density at radius 2 is 2.00 bits per heavy atom. The van der Waals surface area contributed by atoms with Crippen LogP contribution in [0, 0.1) is 11.8 Å². The third-order valence-corrected chi connectivity index (χ3v) is 3.18. The van der Waals surface area contributed by atoms with Crippen molar-refractivity contribution in [1.82, 2.24) is 9.80 Å². The molecule has 4 nitrogen and oxygen atoms in total. The summed E-state index contributed by atoms with van der Waals surface area (Å²) in [7, 11) is 1.81. The lowest BCUT2D eigenvalue weighted by Crippen LogP contribution is -2.40. The Morgan fingerprint density at radius 3 is 2.62 bits per heavy atom. The third kappa shape index (κ3) is 5.49. The average molecular weight is 288 g/mol. The van der Waals surface area contributed by atoms with E-state index < -0.39 is 0 Å². The molecule has 1 rings (SSSR count). The van der Waals surface area contributed by atoms with Gasteiger partial charge < -0.3 is 14.9 Å². The van der Waals surface area contributed by atoms with E-state index in [0.717, 1.165) is 11.1 Å². The first-order valence-corrected chi connectivity index (χ1v) is 7.31. The molecule has 1 aromatic rings. The first-order valence-electron chi connectivity index (χ1n) is 7.31. The zero-order chi connectivity index (χ0) is 15.7. The van der Waals surface area contributed by atoms with E-state index >= 15 is 0 Å². The molecule has 4 heteroatoms. The van der Waals surface area contributed by atoms with Crippen molar-refractivity contribution in [2.45, 2.75) is 26.8 Å². The van der Waals surface area contributed by atoms with Crippen molar-refractivity contribution in [3.8, 4) is 11.8 Å². The van der Waals surface area contributed by atoms with Crippen molar-refractivity contribution in [3.63, 3.8) is 0 Å². The number of urea groups is 1. The molecule has 21 heavy (non-hydrogen) atoms. The summed E-state index contributed by atoms with van der Waals surface area (Å²) in [6.45, 7) is 6.02. The fraction of sp³-hybridized carbons (Fsp3) is 0.471. The molecule has 0 atom stereocenters. The summed E-state index contributed by atoms with van der Waals surface area (Å²) in [6, 6.07) is 7.88. The lowest BCUT2D eigenvalue weighted by molar-refractivity contribution is 0.165. The second kappa shape index (κ2) is 9.04. The molecular weight excluding hydrogens is 264 g/mol. The molecule has 0 saturated heterocycles. The largest absolute Gasteiger partial charge is 0.395 e. The second-order valence-electron chi connectivity index (χ2n) is 4.79. The molecule has 0 aliphatic heterocycles. The van der Waals surface area contributed by atoms with Crippen LogP contribution in [0.5, 0.6) is 0 Å². The molecule has 0 radical (unpaired) electrons. The van der Waals surface area contributed by atoms with Crippen LogP contribution in [0.3, 0.4) is 0 Å². The van der Waals surface area contributed by atoms with Crippen LogP contribution in [0.4, 0.5) is 4.79 Å². The van der Waals surface area contributed by atoms with E-state index in [-0.39, 0.29) is 12.6 Å². The van der Waals surface area contributed by atoms with Gasteiger partial charge >= 0.3 is 6.03 Å². The van der Waals surface area contributed by atoms with Gasteiger partial charge in [-0.15, -0.1) is 0 Å².